The van der Waals surface area contributed by atoms with Crippen molar-refractivity contribution < 1.29 is 4.79 Å². The minimum absolute atomic E-state index is 0.0135. The van der Waals surface area contributed by atoms with Crippen LogP contribution in [0.15, 0.2) is 42.6 Å². The van der Waals surface area contributed by atoms with E-state index >= 15 is 0 Å². The minimum Gasteiger partial charge on any atom is -0.357 e. The second kappa shape index (κ2) is 7.76. The number of carbonyl (C=O) groups excluding carboxylic acids is 1. The van der Waals surface area contributed by atoms with Gasteiger partial charge in [-0.05, 0) is 50.1 Å². The number of imidazole rings is 1. The van der Waals surface area contributed by atoms with Crippen LogP contribution in [-0.4, -0.2) is 40.5 Å². The minimum atomic E-state index is 0.0135. The molecule has 0 unspecified atom stereocenters. The van der Waals surface area contributed by atoms with Crippen molar-refractivity contribution in [1.82, 2.24) is 15.0 Å². The molecule has 0 saturated carbocycles. The molecule has 3 aromatic rings. The van der Waals surface area contributed by atoms with Crippen molar-refractivity contribution in [3.05, 3.63) is 59.1 Å². The van der Waals surface area contributed by atoms with E-state index in [1.165, 1.54) is 0 Å². The second-order valence-corrected chi connectivity index (χ2v) is 8.43. The highest BCUT2D eigenvalue weighted by molar-refractivity contribution is 6.31. The third kappa shape index (κ3) is 3.45. The summed E-state index contributed by atoms with van der Waals surface area (Å²) in [5.74, 6) is 2.08. The Bertz CT molecular complexity index is 1070. The first-order chi connectivity index (χ1) is 14.6. The summed E-state index contributed by atoms with van der Waals surface area (Å²) in [7, 11) is 0. The van der Waals surface area contributed by atoms with Crippen LogP contribution in [0.2, 0.25) is 5.02 Å². The van der Waals surface area contributed by atoms with Crippen LogP contribution in [0.25, 0.3) is 11.3 Å². The predicted molar refractivity (Wildman–Crippen MR) is 119 cm³/mol. The Hall–Kier alpha value is -2.86. The number of halogens is 1. The fourth-order valence-electron chi connectivity index (χ4n) is 4.57. The molecule has 0 aliphatic carbocycles. The zero-order valence-corrected chi connectivity index (χ0v) is 17.7. The fraction of sp³-hybridized carbons (Fsp3) is 0.348. The van der Waals surface area contributed by atoms with Crippen molar-refractivity contribution >= 4 is 29.0 Å². The number of nitrogens with one attached hydrogen (secondary N) is 1. The molecular formula is C23H24ClN5O. The van der Waals surface area contributed by atoms with Crippen LogP contribution in [0.3, 0.4) is 0 Å². The van der Waals surface area contributed by atoms with E-state index in [0.717, 1.165) is 66.6 Å². The number of fused-ring (bicyclic) bond motifs is 3. The summed E-state index contributed by atoms with van der Waals surface area (Å²) >= 11 is 6.30. The van der Waals surface area contributed by atoms with Crippen LogP contribution in [0.1, 0.15) is 24.4 Å². The molecule has 1 saturated heterocycles. The van der Waals surface area contributed by atoms with Gasteiger partial charge in [0.25, 0.3) is 0 Å². The standard InChI is InChI=1S/C23H24ClN5O/c1-15-26-19-9-13-29(20-6-5-17(24)14-18(20)22(19)27-15)23(30)16-7-11-28(12-8-16)21-4-2-3-10-25-21/h2-6,10,14,16H,7-9,11-13H2,1H3,(H,26,27). The molecule has 2 aliphatic heterocycles. The highest BCUT2D eigenvalue weighted by atomic mass is 35.5. The monoisotopic (exact) mass is 421 g/mol. The molecule has 1 fully saturated rings. The summed E-state index contributed by atoms with van der Waals surface area (Å²) in [4.78, 5) is 30.2. The van der Waals surface area contributed by atoms with E-state index in [2.05, 4.69) is 19.9 Å². The molecule has 0 spiro atoms. The van der Waals surface area contributed by atoms with Crippen molar-refractivity contribution in [3.8, 4) is 11.3 Å². The maximum absolute atomic E-state index is 13.6. The number of piperidine rings is 1. The van der Waals surface area contributed by atoms with Gasteiger partial charge in [-0.1, -0.05) is 17.7 Å². The van der Waals surface area contributed by atoms with E-state index in [0.29, 0.717) is 11.6 Å². The van der Waals surface area contributed by atoms with Gasteiger partial charge in [0.15, 0.2) is 0 Å². The third-order valence-corrected chi connectivity index (χ3v) is 6.31. The quantitative estimate of drug-likeness (QED) is 0.672. The van der Waals surface area contributed by atoms with Crippen LogP contribution < -0.4 is 9.80 Å². The van der Waals surface area contributed by atoms with E-state index in [1.54, 1.807) is 0 Å². The summed E-state index contributed by atoms with van der Waals surface area (Å²) in [5.41, 5.74) is 3.84. The van der Waals surface area contributed by atoms with E-state index in [4.69, 9.17) is 11.6 Å². The van der Waals surface area contributed by atoms with Gasteiger partial charge < -0.3 is 14.8 Å². The molecule has 1 amide bonds. The van der Waals surface area contributed by atoms with Gasteiger partial charge in [-0.15, -0.1) is 0 Å². The van der Waals surface area contributed by atoms with Gasteiger partial charge in [0.05, 0.1) is 17.1 Å². The number of H-pyrrole nitrogens is 1. The Morgan fingerprint density at radius 2 is 2.00 bits per heavy atom. The first kappa shape index (κ1) is 19.1. The number of pyridine rings is 1. The lowest BCUT2D eigenvalue weighted by Crippen LogP contribution is -2.43. The normalized spacial score (nSPS) is 16.7. The van der Waals surface area contributed by atoms with Crippen molar-refractivity contribution in [3.63, 3.8) is 0 Å². The van der Waals surface area contributed by atoms with Crippen molar-refractivity contribution in [2.75, 3.05) is 29.4 Å². The highest BCUT2D eigenvalue weighted by Crippen LogP contribution is 2.38. The van der Waals surface area contributed by atoms with Gasteiger partial charge >= 0.3 is 0 Å². The van der Waals surface area contributed by atoms with Gasteiger partial charge in [0, 0.05) is 48.8 Å². The molecule has 2 aliphatic rings. The fourth-order valence-corrected chi connectivity index (χ4v) is 4.74. The number of hydrogen-bond acceptors (Lipinski definition) is 4. The van der Waals surface area contributed by atoms with Gasteiger partial charge in [-0.2, -0.15) is 0 Å². The molecule has 4 heterocycles. The summed E-state index contributed by atoms with van der Waals surface area (Å²) in [6.45, 7) is 4.27. The summed E-state index contributed by atoms with van der Waals surface area (Å²) in [6.07, 6.45) is 4.20. The van der Waals surface area contributed by atoms with Crippen LogP contribution in [0.4, 0.5) is 11.5 Å². The molecule has 0 bridgehead atoms. The Kier molecular flexibility index (Phi) is 4.95. The van der Waals surface area contributed by atoms with Crippen LogP contribution in [-0.2, 0) is 11.2 Å². The smallest absolute Gasteiger partial charge is 0.230 e. The Morgan fingerprint density at radius 1 is 1.17 bits per heavy atom. The van der Waals surface area contributed by atoms with Crippen LogP contribution >= 0.6 is 11.6 Å². The number of aryl methyl sites for hydroxylation is 1. The average Bonchev–Trinajstić information content (AvgIpc) is 3.09. The van der Waals surface area contributed by atoms with Crippen LogP contribution in [0, 0.1) is 12.8 Å². The van der Waals surface area contributed by atoms with Crippen molar-refractivity contribution in [1.29, 1.82) is 0 Å². The first-order valence-electron chi connectivity index (χ1n) is 10.4. The lowest BCUT2D eigenvalue weighted by Gasteiger charge is -2.35. The molecule has 0 radical (unpaired) electrons. The number of aromatic amines is 1. The second-order valence-electron chi connectivity index (χ2n) is 7.99. The molecule has 1 aromatic carbocycles. The van der Waals surface area contributed by atoms with Crippen LogP contribution in [0.5, 0.6) is 0 Å². The zero-order chi connectivity index (χ0) is 20.7. The number of nitrogens with zero attached hydrogens (tertiary/aromatic N) is 4. The molecule has 6 nitrogen and oxygen atoms in total. The number of benzene rings is 1. The maximum atomic E-state index is 13.6. The van der Waals surface area contributed by atoms with E-state index in [1.807, 2.05) is 54.4 Å². The molecule has 154 valence electrons. The van der Waals surface area contributed by atoms with E-state index in [-0.39, 0.29) is 11.8 Å². The van der Waals surface area contributed by atoms with Gasteiger partial charge in [0.2, 0.25) is 5.91 Å². The highest BCUT2D eigenvalue weighted by Gasteiger charge is 2.33. The number of rotatable bonds is 2. The lowest BCUT2D eigenvalue weighted by molar-refractivity contribution is -0.123. The summed E-state index contributed by atoms with van der Waals surface area (Å²) < 4.78 is 0. The Morgan fingerprint density at radius 3 is 2.77 bits per heavy atom. The van der Waals surface area contributed by atoms with Crippen molar-refractivity contribution in [2.24, 2.45) is 5.92 Å². The third-order valence-electron chi connectivity index (χ3n) is 6.07. The molecular weight excluding hydrogens is 398 g/mol. The predicted octanol–water partition coefficient (Wildman–Crippen LogP) is 4.24. The number of carbonyl (C=O) groups is 1. The van der Waals surface area contributed by atoms with E-state index in [9.17, 15) is 4.79 Å². The van der Waals surface area contributed by atoms with E-state index < -0.39 is 0 Å². The first-order valence-corrected chi connectivity index (χ1v) is 10.8. The molecule has 2 aromatic heterocycles. The molecule has 7 heteroatoms. The number of anilines is 2. The largest absolute Gasteiger partial charge is 0.357 e. The lowest BCUT2D eigenvalue weighted by atomic mass is 9.94. The number of amides is 1. The average molecular weight is 422 g/mol. The summed E-state index contributed by atoms with van der Waals surface area (Å²) in [6, 6.07) is 11.7. The number of hydrogen-bond donors (Lipinski definition) is 1. The molecule has 5 rings (SSSR count). The molecule has 30 heavy (non-hydrogen) atoms. The Labute approximate surface area is 180 Å². The van der Waals surface area contributed by atoms with Gasteiger partial charge in [-0.25, -0.2) is 9.97 Å². The zero-order valence-electron chi connectivity index (χ0n) is 16.9. The molecule has 0 atom stereocenters. The number of aromatic nitrogens is 3. The Balaban J connectivity index is 1.39. The summed E-state index contributed by atoms with van der Waals surface area (Å²) in [5, 5.41) is 0.657. The maximum Gasteiger partial charge on any atom is 0.230 e. The van der Waals surface area contributed by atoms with Gasteiger partial charge in [0.1, 0.15) is 11.6 Å². The van der Waals surface area contributed by atoms with Gasteiger partial charge in [-0.3, -0.25) is 4.79 Å². The molecule has 1 N–H and O–H groups in total. The topological polar surface area (TPSA) is 65.1 Å². The van der Waals surface area contributed by atoms with Crippen molar-refractivity contribution in [2.45, 2.75) is 26.2 Å². The SMILES string of the molecule is Cc1nc2c([nH]1)-c1cc(Cl)ccc1N(C(=O)C1CCN(c3ccccn3)CC1)CC2.